The van der Waals surface area contributed by atoms with Crippen molar-refractivity contribution in [3.05, 3.63) is 72.0 Å². The number of carbonyl (C=O) groups excluding carboxylic acids is 1. The van der Waals surface area contributed by atoms with Crippen LogP contribution in [0.2, 0.25) is 0 Å². The summed E-state index contributed by atoms with van der Waals surface area (Å²) in [6.07, 6.45) is 0. The molecule has 0 saturated heterocycles. The first-order valence-electron chi connectivity index (χ1n) is 8.81. The van der Waals surface area contributed by atoms with Gasteiger partial charge in [-0.25, -0.2) is 9.37 Å². The molecule has 4 N–H and O–H groups in total. The van der Waals surface area contributed by atoms with Crippen LogP contribution in [0.3, 0.4) is 0 Å². The summed E-state index contributed by atoms with van der Waals surface area (Å²) in [6, 6.07) is 15.7. The van der Waals surface area contributed by atoms with Crippen molar-refractivity contribution in [3.63, 3.8) is 0 Å². The Morgan fingerprint density at radius 1 is 1.00 bits per heavy atom. The molecular formula is C21H14FN5O2. The monoisotopic (exact) mass is 387 g/mol. The van der Waals surface area contributed by atoms with Crippen molar-refractivity contribution in [2.24, 2.45) is 0 Å². The van der Waals surface area contributed by atoms with Gasteiger partial charge in [-0.3, -0.25) is 9.89 Å². The molecule has 0 aliphatic carbocycles. The third-order valence-corrected chi connectivity index (χ3v) is 4.62. The number of fused-ring (bicyclic) bond motifs is 2. The quantitative estimate of drug-likeness (QED) is 0.348. The second kappa shape index (κ2) is 6.45. The largest absolute Gasteiger partial charge is 0.508 e. The number of aromatic hydroxyl groups is 1. The molecule has 0 fully saturated rings. The maximum atomic E-state index is 13.4. The zero-order chi connectivity index (χ0) is 20.0. The van der Waals surface area contributed by atoms with E-state index in [0.29, 0.717) is 39.3 Å². The molecule has 0 unspecified atom stereocenters. The van der Waals surface area contributed by atoms with Gasteiger partial charge in [0, 0.05) is 16.6 Å². The summed E-state index contributed by atoms with van der Waals surface area (Å²) in [5.41, 5.74) is 3.51. The van der Waals surface area contributed by atoms with E-state index < -0.39 is 0 Å². The molecule has 8 heteroatoms. The molecule has 142 valence electrons. The average molecular weight is 387 g/mol. The molecule has 5 aromatic rings. The van der Waals surface area contributed by atoms with E-state index >= 15 is 0 Å². The molecule has 0 spiro atoms. The number of H-pyrrole nitrogens is 2. The highest BCUT2D eigenvalue weighted by atomic mass is 19.1. The zero-order valence-corrected chi connectivity index (χ0v) is 14.9. The smallest absolute Gasteiger partial charge is 0.255 e. The number of hydrogen-bond acceptors (Lipinski definition) is 4. The van der Waals surface area contributed by atoms with Crippen LogP contribution >= 0.6 is 0 Å². The Morgan fingerprint density at radius 2 is 1.83 bits per heavy atom. The Kier molecular flexibility index (Phi) is 3.77. The van der Waals surface area contributed by atoms with Gasteiger partial charge in [-0.15, -0.1) is 0 Å². The van der Waals surface area contributed by atoms with Crippen LogP contribution in [0.4, 0.5) is 10.1 Å². The summed E-state index contributed by atoms with van der Waals surface area (Å²) in [6.45, 7) is 0. The highest BCUT2D eigenvalue weighted by Gasteiger charge is 2.15. The van der Waals surface area contributed by atoms with E-state index in [1.54, 1.807) is 36.4 Å². The minimum absolute atomic E-state index is 0.128. The minimum Gasteiger partial charge on any atom is -0.508 e. The van der Waals surface area contributed by atoms with E-state index in [1.165, 1.54) is 24.3 Å². The molecule has 29 heavy (non-hydrogen) atoms. The van der Waals surface area contributed by atoms with Crippen molar-refractivity contribution in [2.75, 3.05) is 5.32 Å². The van der Waals surface area contributed by atoms with Crippen LogP contribution in [0.15, 0.2) is 60.7 Å². The first-order valence-corrected chi connectivity index (χ1v) is 8.81. The van der Waals surface area contributed by atoms with Crippen LogP contribution in [0.5, 0.6) is 5.75 Å². The van der Waals surface area contributed by atoms with E-state index in [9.17, 15) is 14.3 Å². The van der Waals surface area contributed by atoms with Crippen LogP contribution in [0, 0.1) is 5.82 Å². The molecule has 1 amide bonds. The fraction of sp³-hybridized carbons (Fsp3) is 0. The molecule has 0 aliphatic heterocycles. The normalized spacial score (nSPS) is 11.2. The number of benzene rings is 3. The van der Waals surface area contributed by atoms with Crippen LogP contribution in [0.25, 0.3) is 33.5 Å². The van der Waals surface area contributed by atoms with Crippen molar-refractivity contribution in [2.45, 2.75) is 0 Å². The van der Waals surface area contributed by atoms with E-state index in [1.807, 2.05) is 0 Å². The predicted molar refractivity (Wildman–Crippen MR) is 107 cm³/mol. The summed E-state index contributed by atoms with van der Waals surface area (Å²) in [4.78, 5) is 20.0. The highest BCUT2D eigenvalue weighted by Crippen LogP contribution is 2.27. The van der Waals surface area contributed by atoms with Gasteiger partial charge < -0.3 is 15.4 Å². The van der Waals surface area contributed by atoms with Gasteiger partial charge >= 0.3 is 0 Å². The highest BCUT2D eigenvalue weighted by molar-refractivity contribution is 6.07. The van der Waals surface area contributed by atoms with Crippen LogP contribution in [-0.2, 0) is 0 Å². The fourth-order valence-electron chi connectivity index (χ4n) is 3.18. The van der Waals surface area contributed by atoms with Crippen molar-refractivity contribution < 1.29 is 14.3 Å². The Balaban J connectivity index is 1.47. The molecule has 5 rings (SSSR count). The summed E-state index contributed by atoms with van der Waals surface area (Å²) >= 11 is 0. The number of halogens is 1. The zero-order valence-electron chi connectivity index (χ0n) is 14.9. The van der Waals surface area contributed by atoms with E-state index in [-0.39, 0.29) is 17.5 Å². The summed E-state index contributed by atoms with van der Waals surface area (Å²) in [5.74, 6) is 0.0118. The molecule has 7 nitrogen and oxygen atoms in total. The Hall–Kier alpha value is -4.20. The van der Waals surface area contributed by atoms with E-state index in [0.717, 1.165) is 5.39 Å². The molecule has 0 atom stereocenters. The minimum atomic E-state index is -0.344. The maximum absolute atomic E-state index is 13.4. The van der Waals surface area contributed by atoms with E-state index in [2.05, 4.69) is 25.5 Å². The predicted octanol–water partition coefficient (Wildman–Crippen LogP) is 4.20. The van der Waals surface area contributed by atoms with Crippen LogP contribution < -0.4 is 5.32 Å². The Morgan fingerprint density at radius 3 is 2.66 bits per heavy atom. The third kappa shape index (κ3) is 3.06. The molecule has 2 heterocycles. The second-order valence-corrected chi connectivity index (χ2v) is 6.58. The fourth-order valence-corrected chi connectivity index (χ4v) is 3.18. The number of amides is 1. The van der Waals surface area contributed by atoms with Crippen LogP contribution in [0.1, 0.15) is 10.4 Å². The van der Waals surface area contributed by atoms with E-state index in [4.69, 9.17) is 0 Å². The number of aromatic amines is 2. The SMILES string of the molecule is O=C(Nc1ccc(O)cc1)c1ccc2c(-c3nc4ccc(F)cc4[nH]3)n[nH]c2c1. The number of imidazole rings is 1. The first kappa shape index (κ1) is 16.9. The second-order valence-electron chi connectivity index (χ2n) is 6.58. The number of phenols is 1. The van der Waals surface area contributed by atoms with Gasteiger partial charge in [0.05, 0.1) is 16.6 Å². The lowest BCUT2D eigenvalue weighted by molar-refractivity contribution is 0.102. The molecule has 0 aliphatic rings. The topological polar surface area (TPSA) is 107 Å². The Labute approximate surface area is 163 Å². The molecular weight excluding hydrogens is 373 g/mol. The van der Waals surface area contributed by atoms with Gasteiger partial charge in [-0.05, 0) is 60.7 Å². The number of nitrogens with one attached hydrogen (secondary N) is 3. The first-order chi connectivity index (χ1) is 14.1. The molecule has 2 aromatic heterocycles. The maximum Gasteiger partial charge on any atom is 0.255 e. The summed E-state index contributed by atoms with van der Waals surface area (Å²) in [7, 11) is 0. The molecule has 3 aromatic carbocycles. The lowest BCUT2D eigenvalue weighted by atomic mass is 10.1. The average Bonchev–Trinajstić information content (AvgIpc) is 3.32. The van der Waals surface area contributed by atoms with Gasteiger partial charge in [-0.2, -0.15) is 5.10 Å². The number of phenolic OH excluding ortho intramolecular Hbond substituents is 1. The molecule has 0 saturated carbocycles. The van der Waals surface area contributed by atoms with Crippen LogP contribution in [-0.4, -0.2) is 31.2 Å². The molecule has 0 radical (unpaired) electrons. The lowest BCUT2D eigenvalue weighted by Crippen LogP contribution is -2.11. The van der Waals surface area contributed by atoms with Gasteiger partial charge in [0.2, 0.25) is 0 Å². The van der Waals surface area contributed by atoms with Gasteiger partial charge in [-0.1, -0.05) is 0 Å². The third-order valence-electron chi connectivity index (χ3n) is 4.62. The van der Waals surface area contributed by atoms with Gasteiger partial charge in [0.15, 0.2) is 5.82 Å². The van der Waals surface area contributed by atoms with Gasteiger partial charge in [0.1, 0.15) is 17.3 Å². The van der Waals surface area contributed by atoms with Crippen molar-refractivity contribution in [1.82, 2.24) is 20.2 Å². The number of anilines is 1. The lowest BCUT2D eigenvalue weighted by Gasteiger charge is -2.05. The van der Waals surface area contributed by atoms with Gasteiger partial charge in [0.25, 0.3) is 5.91 Å². The molecule has 0 bridgehead atoms. The number of hydrogen-bond donors (Lipinski definition) is 4. The number of carbonyl (C=O) groups is 1. The summed E-state index contributed by atoms with van der Waals surface area (Å²) < 4.78 is 13.4. The van der Waals surface area contributed by atoms with Crippen molar-refractivity contribution in [3.8, 4) is 17.3 Å². The van der Waals surface area contributed by atoms with Crippen molar-refractivity contribution >= 4 is 33.5 Å². The Bertz CT molecular complexity index is 1370. The number of rotatable bonds is 3. The number of nitrogens with zero attached hydrogens (tertiary/aromatic N) is 2. The standard InChI is InChI=1S/C21H14FN5O2/c22-12-2-8-16-18(10-12)25-20(24-16)19-15-7-1-11(9-17(15)26-27-19)21(29)23-13-3-5-14(28)6-4-13/h1-10,28H,(H,23,29)(H,24,25)(H,26,27). The summed E-state index contributed by atoms with van der Waals surface area (Å²) in [5, 5.41) is 20.1. The number of aromatic nitrogens is 4. The van der Waals surface area contributed by atoms with Crippen molar-refractivity contribution in [1.29, 1.82) is 0 Å².